The number of carbonyl (C=O) groups is 1. The number of rotatable bonds is 4. The minimum absolute atomic E-state index is 0.0951. The fourth-order valence-corrected chi connectivity index (χ4v) is 1.66. The van der Waals surface area contributed by atoms with Crippen LogP contribution in [0.1, 0.15) is 27.2 Å². The van der Waals surface area contributed by atoms with E-state index in [9.17, 15) is 4.79 Å². The monoisotopic (exact) mass is 245 g/mol. The van der Waals surface area contributed by atoms with Crippen LogP contribution in [0.3, 0.4) is 0 Å². The van der Waals surface area contributed by atoms with Crippen molar-refractivity contribution in [3.05, 3.63) is 0 Å². The highest BCUT2D eigenvalue weighted by Gasteiger charge is 2.27. The first-order chi connectivity index (χ1) is 7.92. The summed E-state index contributed by atoms with van der Waals surface area (Å²) in [6, 6.07) is 0. The van der Waals surface area contributed by atoms with Crippen molar-refractivity contribution in [3.8, 4) is 0 Å². The van der Waals surface area contributed by atoms with E-state index in [1.54, 1.807) is 12.0 Å². The van der Waals surface area contributed by atoms with Crippen LogP contribution in [0.15, 0.2) is 0 Å². The molecule has 0 spiro atoms. The van der Waals surface area contributed by atoms with Crippen LogP contribution in [0, 0.1) is 0 Å². The van der Waals surface area contributed by atoms with Gasteiger partial charge in [-0.25, -0.2) is 0 Å². The maximum absolute atomic E-state index is 11.8. The molecule has 1 fully saturated rings. The van der Waals surface area contributed by atoms with E-state index in [1.807, 2.05) is 20.8 Å². The van der Waals surface area contributed by atoms with E-state index >= 15 is 0 Å². The first kappa shape index (κ1) is 14.4. The van der Waals surface area contributed by atoms with Crippen molar-refractivity contribution >= 4 is 5.91 Å². The third-order valence-corrected chi connectivity index (χ3v) is 2.39. The lowest BCUT2D eigenvalue weighted by molar-refractivity contribution is -0.222. The Morgan fingerprint density at radius 2 is 2.18 bits per heavy atom. The summed E-state index contributed by atoms with van der Waals surface area (Å²) in [5.74, 6) is 0.0951. The SMILES string of the molecule is COCCC(=O)N1CCO[C@@H](OC(C)(C)C)C1. The predicted molar refractivity (Wildman–Crippen MR) is 63.7 cm³/mol. The minimum Gasteiger partial charge on any atom is -0.384 e. The molecule has 0 aliphatic carbocycles. The number of amides is 1. The summed E-state index contributed by atoms with van der Waals surface area (Å²) < 4.78 is 16.1. The van der Waals surface area contributed by atoms with Gasteiger partial charge >= 0.3 is 0 Å². The lowest BCUT2D eigenvalue weighted by Crippen LogP contribution is -2.48. The van der Waals surface area contributed by atoms with Gasteiger partial charge in [0, 0.05) is 13.7 Å². The Morgan fingerprint density at radius 1 is 1.47 bits per heavy atom. The second kappa shape index (κ2) is 6.33. The normalized spacial score (nSPS) is 21.6. The molecular formula is C12H23NO4. The molecule has 0 aromatic heterocycles. The summed E-state index contributed by atoms with van der Waals surface area (Å²) in [5.41, 5.74) is -0.261. The lowest BCUT2D eigenvalue weighted by atomic mass is 10.2. The molecule has 100 valence electrons. The zero-order valence-electron chi connectivity index (χ0n) is 11.2. The van der Waals surface area contributed by atoms with Crippen molar-refractivity contribution in [3.63, 3.8) is 0 Å². The van der Waals surface area contributed by atoms with Crippen LogP contribution >= 0.6 is 0 Å². The van der Waals surface area contributed by atoms with E-state index in [2.05, 4.69) is 0 Å². The summed E-state index contributed by atoms with van der Waals surface area (Å²) in [6.45, 7) is 8.04. The van der Waals surface area contributed by atoms with E-state index in [-0.39, 0.29) is 17.8 Å². The lowest BCUT2D eigenvalue weighted by Gasteiger charge is -2.36. The maximum Gasteiger partial charge on any atom is 0.225 e. The molecule has 0 radical (unpaired) electrons. The molecule has 0 unspecified atom stereocenters. The predicted octanol–water partition coefficient (Wildman–Crippen LogP) is 1.02. The van der Waals surface area contributed by atoms with Crippen molar-refractivity contribution in [2.75, 3.05) is 33.4 Å². The highest BCUT2D eigenvalue weighted by Crippen LogP contribution is 2.16. The molecule has 5 nitrogen and oxygen atoms in total. The molecule has 1 aliphatic heterocycles. The summed E-state index contributed by atoms with van der Waals surface area (Å²) in [7, 11) is 1.60. The molecule has 1 rings (SSSR count). The molecule has 1 atom stereocenters. The van der Waals surface area contributed by atoms with Crippen LogP contribution < -0.4 is 0 Å². The van der Waals surface area contributed by atoms with Crippen molar-refractivity contribution < 1.29 is 19.0 Å². The summed E-state index contributed by atoms with van der Waals surface area (Å²) in [4.78, 5) is 13.6. The van der Waals surface area contributed by atoms with E-state index in [4.69, 9.17) is 14.2 Å². The topological polar surface area (TPSA) is 48.0 Å². The van der Waals surface area contributed by atoms with Crippen LogP contribution in [0.2, 0.25) is 0 Å². The Hall–Kier alpha value is -0.650. The van der Waals surface area contributed by atoms with Gasteiger partial charge in [0.1, 0.15) is 0 Å². The second-order valence-corrected chi connectivity index (χ2v) is 5.11. The molecule has 0 aromatic rings. The first-order valence-electron chi connectivity index (χ1n) is 5.98. The van der Waals surface area contributed by atoms with Gasteiger partial charge in [0.05, 0.1) is 31.8 Å². The van der Waals surface area contributed by atoms with Crippen molar-refractivity contribution in [2.45, 2.75) is 39.1 Å². The highest BCUT2D eigenvalue weighted by molar-refractivity contribution is 5.76. The Bertz CT molecular complexity index is 249. The Balaban J connectivity index is 2.40. The number of hydrogen-bond acceptors (Lipinski definition) is 4. The fraction of sp³-hybridized carbons (Fsp3) is 0.917. The van der Waals surface area contributed by atoms with Crippen molar-refractivity contribution in [2.24, 2.45) is 0 Å². The molecule has 17 heavy (non-hydrogen) atoms. The number of nitrogens with zero attached hydrogens (tertiary/aromatic N) is 1. The first-order valence-corrected chi connectivity index (χ1v) is 5.98. The zero-order valence-corrected chi connectivity index (χ0v) is 11.2. The van der Waals surface area contributed by atoms with Gasteiger partial charge in [-0.1, -0.05) is 0 Å². The largest absolute Gasteiger partial charge is 0.384 e. The van der Waals surface area contributed by atoms with E-state index < -0.39 is 0 Å². The standard InChI is InChI=1S/C12H23NO4/c1-12(2,3)17-11-9-13(6-8-16-11)10(14)5-7-15-4/h11H,5-9H2,1-4H3/t11-/m0/s1. The average molecular weight is 245 g/mol. The van der Waals surface area contributed by atoms with Crippen LogP contribution in [0.5, 0.6) is 0 Å². The quantitative estimate of drug-likeness (QED) is 0.742. The van der Waals surface area contributed by atoms with Gasteiger partial charge in [0.2, 0.25) is 5.91 Å². The van der Waals surface area contributed by atoms with E-state index in [1.165, 1.54) is 0 Å². The molecule has 1 amide bonds. The van der Waals surface area contributed by atoms with Gasteiger partial charge in [0.25, 0.3) is 0 Å². The van der Waals surface area contributed by atoms with Gasteiger partial charge in [-0.2, -0.15) is 0 Å². The maximum atomic E-state index is 11.8. The molecule has 1 heterocycles. The van der Waals surface area contributed by atoms with E-state index in [0.717, 1.165) is 0 Å². The Labute approximate surface area is 103 Å². The van der Waals surface area contributed by atoms with Gasteiger partial charge in [-0.05, 0) is 20.8 Å². The van der Waals surface area contributed by atoms with E-state index in [0.29, 0.717) is 32.7 Å². The second-order valence-electron chi connectivity index (χ2n) is 5.11. The minimum atomic E-state index is -0.324. The van der Waals surface area contributed by atoms with Crippen LogP contribution in [0.4, 0.5) is 0 Å². The number of morpholine rings is 1. The Kier molecular flexibility index (Phi) is 5.36. The smallest absolute Gasteiger partial charge is 0.225 e. The highest BCUT2D eigenvalue weighted by atomic mass is 16.7. The molecule has 0 N–H and O–H groups in total. The van der Waals surface area contributed by atoms with Crippen LogP contribution in [0.25, 0.3) is 0 Å². The third-order valence-electron chi connectivity index (χ3n) is 2.39. The zero-order chi connectivity index (χ0) is 12.9. The van der Waals surface area contributed by atoms with Gasteiger partial charge in [0.15, 0.2) is 6.29 Å². The average Bonchev–Trinajstić information content (AvgIpc) is 2.24. The van der Waals surface area contributed by atoms with Gasteiger partial charge in [-0.15, -0.1) is 0 Å². The van der Waals surface area contributed by atoms with Crippen molar-refractivity contribution in [1.29, 1.82) is 0 Å². The molecule has 5 heteroatoms. The number of ether oxygens (including phenoxy) is 3. The molecule has 1 aliphatic rings. The fourth-order valence-electron chi connectivity index (χ4n) is 1.66. The molecule has 1 saturated heterocycles. The van der Waals surface area contributed by atoms with Crippen molar-refractivity contribution in [1.82, 2.24) is 4.90 Å². The van der Waals surface area contributed by atoms with Gasteiger partial charge < -0.3 is 19.1 Å². The van der Waals surface area contributed by atoms with Crippen LogP contribution in [-0.4, -0.2) is 56.1 Å². The number of carbonyl (C=O) groups excluding carboxylic acids is 1. The molecule has 0 aromatic carbocycles. The molecular weight excluding hydrogens is 222 g/mol. The summed E-state index contributed by atoms with van der Waals surface area (Å²) in [5, 5.41) is 0. The number of methoxy groups -OCH3 is 1. The third kappa shape index (κ3) is 5.48. The van der Waals surface area contributed by atoms with Crippen LogP contribution in [-0.2, 0) is 19.0 Å². The summed E-state index contributed by atoms with van der Waals surface area (Å²) >= 11 is 0. The summed E-state index contributed by atoms with van der Waals surface area (Å²) in [6.07, 6.45) is 0.0916. The molecule has 0 saturated carbocycles. The Morgan fingerprint density at radius 3 is 2.76 bits per heavy atom. The molecule has 0 bridgehead atoms. The number of hydrogen-bond donors (Lipinski definition) is 0. The van der Waals surface area contributed by atoms with Gasteiger partial charge in [-0.3, -0.25) is 4.79 Å².